The van der Waals surface area contributed by atoms with Crippen molar-refractivity contribution in [3.8, 4) is 0 Å². The topological polar surface area (TPSA) is 75.4 Å². The summed E-state index contributed by atoms with van der Waals surface area (Å²) in [6.07, 6.45) is 5.92. The summed E-state index contributed by atoms with van der Waals surface area (Å²) >= 11 is 6.79. The number of imidazole rings is 1. The number of rotatable bonds is 6. The predicted molar refractivity (Wildman–Crippen MR) is 124 cm³/mol. The molecular weight excluding hydrogens is 526 g/mol. The van der Waals surface area contributed by atoms with Gasteiger partial charge in [0.25, 0.3) is 11.7 Å². The molecule has 1 unspecified atom stereocenters. The molecule has 0 saturated carbocycles. The third kappa shape index (κ3) is 4.50. The standard InChI is InChI=1S/C23H19Br2N3O3/c24-17-6-2-15(3-7-17)20-19(21(29)16-4-8-18(25)9-5-16)22(30)23(31)28(20)12-1-11-27-13-10-26-14-27/h2-10,13-14,20,29H,1,11-12H2/b21-19+. The van der Waals surface area contributed by atoms with Gasteiger partial charge in [-0.2, -0.15) is 0 Å². The molecule has 2 heterocycles. The number of amides is 1. The van der Waals surface area contributed by atoms with Gasteiger partial charge in [-0.1, -0.05) is 56.1 Å². The lowest BCUT2D eigenvalue weighted by Crippen LogP contribution is -2.31. The summed E-state index contributed by atoms with van der Waals surface area (Å²) in [5.74, 6) is -1.44. The summed E-state index contributed by atoms with van der Waals surface area (Å²) in [7, 11) is 0. The van der Waals surface area contributed by atoms with Crippen LogP contribution in [-0.2, 0) is 16.1 Å². The van der Waals surface area contributed by atoms with Crippen LogP contribution in [0, 0.1) is 0 Å². The molecule has 0 spiro atoms. The van der Waals surface area contributed by atoms with Gasteiger partial charge in [0.15, 0.2) is 0 Å². The monoisotopic (exact) mass is 543 g/mol. The zero-order valence-electron chi connectivity index (χ0n) is 16.4. The zero-order valence-corrected chi connectivity index (χ0v) is 19.6. The molecule has 1 aliphatic rings. The molecule has 1 saturated heterocycles. The molecule has 0 aliphatic carbocycles. The smallest absolute Gasteiger partial charge is 0.295 e. The number of likely N-dealkylation sites (tertiary alicyclic amines) is 1. The zero-order chi connectivity index (χ0) is 22.0. The van der Waals surface area contributed by atoms with Crippen LogP contribution in [0.2, 0.25) is 0 Å². The molecular formula is C23H19Br2N3O3. The first-order valence-electron chi connectivity index (χ1n) is 9.71. The summed E-state index contributed by atoms with van der Waals surface area (Å²) < 4.78 is 3.67. The molecule has 6 nitrogen and oxygen atoms in total. The van der Waals surface area contributed by atoms with Gasteiger partial charge in [0.05, 0.1) is 17.9 Å². The van der Waals surface area contributed by atoms with Crippen LogP contribution in [0.15, 0.2) is 81.8 Å². The van der Waals surface area contributed by atoms with Crippen LogP contribution in [0.25, 0.3) is 5.76 Å². The second kappa shape index (κ2) is 9.20. The van der Waals surface area contributed by atoms with Crippen molar-refractivity contribution in [2.24, 2.45) is 0 Å². The minimum Gasteiger partial charge on any atom is -0.507 e. The first kappa shape index (κ1) is 21.5. The van der Waals surface area contributed by atoms with Crippen LogP contribution in [-0.4, -0.2) is 37.8 Å². The Kier molecular flexibility index (Phi) is 6.38. The number of aliphatic hydroxyl groups is 1. The van der Waals surface area contributed by atoms with E-state index in [4.69, 9.17) is 0 Å². The number of nitrogens with zero attached hydrogens (tertiary/aromatic N) is 3. The number of halogens is 2. The summed E-state index contributed by atoms with van der Waals surface area (Å²) in [5, 5.41) is 11.0. The van der Waals surface area contributed by atoms with Crippen molar-refractivity contribution in [1.82, 2.24) is 14.5 Å². The minimum atomic E-state index is -0.670. The lowest BCUT2D eigenvalue weighted by atomic mass is 9.95. The van der Waals surface area contributed by atoms with E-state index >= 15 is 0 Å². The second-order valence-corrected chi connectivity index (χ2v) is 9.04. The SMILES string of the molecule is O=C1C(=O)N(CCCn2ccnc2)C(c2ccc(Br)cc2)/C1=C(\O)c1ccc(Br)cc1. The number of carbonyl (C=O) groups is 2. The Hall–Kier alpha value is -2.71. The molecule has 2 aromatic carbocycles. The molecule has 31 heavy (non-hydrogen) atoms. The van der Waals surface area contributed by atoms with Crippen LogP contribution in [0.3, 0.4) is 0 Å². The number of Topliss-reactive ketones (excluding diaryl/α,β-unsaturated/α-hetero) is 1. The largest absolute Gasteiger partial charge is 0.507 e. The summed E-state index contributed by atoms with van der Waals surface area (Å²) in [6, 6.07) is 13.8. The predicted octanol–water partition coefficient (Wildman–Crippen LogP) is 4.92. The van der Waals surface area contributed by atoms with Crippen molar-refractivity contribution in [3.63, 3.8) is 0 Å². The fraction of sp³-hybridized carbons (Fsp3) is 0.174. The minimum absolute atomic E-state index is 0.109. The number of aromatic nitrogens is 2. The lowest BCUT2D eigenvalue weighted by Gasteiger charge is -2.25. The quantitative estimate of drug-likeness (QED) is 0.271. The molecule has 1 aliphatic heterocycles. The number of benzene rings is 2. The Morgan fingerprint density at radius 1 is 0.968 bits per heavy atom. The van der Waals surface area contributed by atoms with E-state index in [0.717, 1.165) is 14.5 Å². The first-order valence-corrected chi connectivity index (χ1v) is 11.3. The molecule has 8 heteroatoms. The third-order valence-corrected chi connectivity index (χ3v) is 6.28. The Balaban J connectivity index is 1.72. The van der Waals surface area contributed by atoms with E-state index in [-0.39, 0.29) is 11.3 Å². The number of hydrogen-bond acceptors (Lipinski definition) is 4. The third-order valence-electron chi connectivity index (χ3n) is 5.22. The van der Waals surface area contributed by atoms with E-state index in [0.29, 0.717) is 25.1 Å². The number of ketones is 1. The van der Waals surface area contributed by atoms with E-state index in [1.54, 1.807) is 41.7 Å². The van der Waals surface area contributed by atoms with E-state index in [1.807, 2.05) is 35.0 Å². The average Bonchev–Trinajstić information content (AvgIpc) is 3.37. The van der Waals surface area contributed by atoms with Crippen LogP contribution in [0.4, 0.5) is 0 Å². The Morgan fingerprint density at radius 2 is 1.61 bits per heavy atom. The highest BCUT2D eigenvalue weighted by atomic mass is 79.9. The second-order valence-electron chi connectivity index (χ2n) is 7.20. The van der Waals surface area contributed by atoms with Gasteiger partial charge in [-0.05, 0) is 36.2 Å². The van der Waals surface area contributed by atoms with E-state index in [1.165, 1.54) is 0 Å². The molecule has 0 radical (unpaired) electrons. The number of aryl methyl sites for hydroxylation is 1. The van der Waals surface area contributed by atoms with E-state index in [2.05, 4.69) is 36.8 Å². The Morgan fingerprint density at radius 3 is 2.23 bits per heavy atom. The van der Waals surface area contributed by atoms with Crippen molar-refractivity contribution < 1.29 is 14.7 Å². The molecule has 1 atom stereocenters. The highest BCUT2D eigenvalue weighted by Crippen LogP contribution is 2.39. The highest BCUT2D eigenvalue weighted by molar-refractivity contribution is 9.10. The van der Waals surface area contributed by atoms with Crippen LogP contribution < -0.4 is 0 Å². The van der Waals surface area contributed by atoms with Crippen LogP contribution in [0.5, 0.6) is 0 Å². The van der Waals surface area contributed by atoms with Crippen molar-refractivity contribution in [1.29, 1.82) is 0 Å². The molecule has 3 aromatic rings. The van der Waals surface area contributed by atoms with Gasteiger partial charge in [-0.25, -0.2) is 4.98 Å². The first-order chi connectivity index (χ1) is 15.0. The summed E-state index contributed by atoms with van der Waals surface area (Å²) in [4.78, 5) is 31.5. The molecule has 158 valence electrons. The maximum atomic E-state index is 13.0. The van der Waals surface area contributed by atoms with Crippen molar-refractivity contribution in [3.05, 3.63) is 92.9 Å². The lowest BCUT2D eigenvalue weighted by molar-refractivity contribution is -0.139. The van der Waals surface area contributed by atoms with Gasteiger partial charge < -0.3 is 14.6 Å². The van der Waals surface area contributed by atoms with Gasteiger partial charge in [-0.15, -0.1) is 0 Å². The fourth-order valence-corrected chi connectivity index (χ4v) is 4.24. The van der Waals surface area contributed by atoms with Gasteiger partial charge in [0.1, 0.15) is 5.76 Å². The number of aliphatic hydroxyl groups excluding tert-OH is 1. The van der Waals surface area contributed by atoms with Crippen molar-refractivity contribution in [2.75, 3.05) is 6.54 Å². The van der Waals surface area contributed by atoms with Crippen molar-refractivity contribution in [2.45, 2.75) is 19.0 Å². The Labute approximate surface area is 196 Å². The number of carbonyl (C=O) groups excluding carboxylic acids is 2. The highest BCUT2D eigenvalue weighted by Gasteiger charge is 2.45. The maximum absolute atomic E-state index is 13.0. The fourth-order valence-electron chi connectivity index (χ4n) is 3.71. The molecule has 1 amide bonds. The average molecular weight is 545 g/mol. The molecule has 1 fully saturated rings. The maximum Gasteiger partial charge on any atom is 0.295 e. The van der Waals surface area contributed by atoms with Crippen molar-refractivity contribution >= 4 is 49.3 Å². The molecule has 1 aromatic heterocycles. The van der Waals surface area contributed by atoms with Crippen LogP contribution >= 0.6 is 31.9 Å². The van der Waals surface area contributed by atoms with E-state index in [9.17, 15) is 14.7 Å². The molecule has 0 bridgehead atoms. The van der Waals surface area contributed by atoms with Gasteiger partial charge in [0, 0.05) is 40.0 Å². The number of hydrogen-bond donors (Lipinski definition) is 1. The van der Waals surface area contributed by atoms with E-state index < -0.39 is 17.7 Å². The van der Waals surface area contributed by atoms with Gasteiger partial charge in [-0.3, -0.25) is 9.59 Å². The normalized spacial score (nSPS) is 18.0. The summed E-state index contributed by atoms with van der Waals surface area (Å²) in [6.45, 7) is 1.05. The molecule has 4 rings (SSSR count). The summed E-state index contributed by atoms with van der Waals surface area (Å²) in [5.41, 5.74) is 1.36. The molecule has 1 N–H and O–H groups in total. The van der Waals surface area contributed by atoms with Gasteiger partial charge >= 0.3 is 0 Å². The Bertz CT molecular complexity index is 1120. The van der Waals surface area contributed by atoms with Gasteiger partial charge in [0.2, 0.25) is 0 Å². The van der Waals surface area contributed by atoms with Crippen LogP contribution in [0.1, 0.15) is 23.6 Å².